The fourth-order valence-corrected chi connectivity index (χ4v) is 4.23. The first-order chi connectivity index (χ1) is 10.0. The molecule has 0 atom stereocenters. The van der Waals surface area contributed by atoms with Gasteiger partial charge in [0.1, 0.15) is 16.0 Å². The van der Waals surface area contributed by atoms with Crippen LogP contribution in [-0.4, -0.2) is 13.4 Å². The minimum atomic E-state index is -3.79. The topological polar surface area (TPSA) is 112 Å². The number of aromatic amines is 1. The number of rotatable bonds is 3. The van der Waals surface area contributed by atoms with Crippen LogP contribution in [0.4, 0.5) is 10.7 Å². The van der Waals surface area contributed by atoms with Gasteiger partial charge in [0, 0.05) is 22.8 Å². The molecule has 8 heteroatoms. The Morgan fingerprint density at radius 1 is 1.33 bits per heavy atom. The highest BCUT2D eigenvalue weighted by Crippen LogP contribution is 2.29. The lowest BCUT2D eigenvalue weighted by Gasteiger charge is -2.05. The number of nitrogens with two attached hydrogens (primary N) is 1. The Bertz CT molecular complexity index is 964. The summed E-state index contributed by atoms with van der Waals surface area (Å²) in [5.41, 5.74) is 7.16. The molecule has 0 amide bonds. The number of thiophene rings is 1. The van der Waals surface area contributed by atoms with Gasteiger partial charge in [0.05, 0.1) is 5.56 Å². The maximum absolute atomic E-state index is 12.5. The minimum absolute atomic E-state index is 0.0992. The summed E-state index contributed by atoms with van der Waals surface area (Å²) >= 11 is 1.16. The summed E-state index contributed by atoms with van der Waals surface area (Å²) in [6, 6.07) is 8.52. The van der Waals surface area contributed by atoms with E-state index in [1.807, 2.05) is 6.07 Å². The normalized spacial score (nSPS) is 11.4. The summed E-state index contributed by atoms with van der Waals surface area (Å²) in [6.45, 7) is 0. The van der Waals surface area contributed by atoms with E-state index in [9.17, 15) is 8.42 Å². The van der Waals surface area contributed by atoms with Crippen LogP contribution in [0.15, 0.2) is 40.7 Å². The molecule has 6 nitrogen and oxygen atoms in total. The number of hydrogen-bond donors (Lipinski definition) is 3. The Morgan fingerprint density at radius 3 is 2.90 bits per heavy atom. The van der Waals surface area contributed by atoms with Crippen LogP contribution in [0.5, 0.6) is 0 Å². The standard InChI is InChI=1S/C13H10N4O2S2/c14-6-8-3-4-20-13(8)17-21(18,19)12-7-16-11-2-1-9(15)5-10(11)12/h1-5,7,16-17H,15H2. The van der Waals surface area contributed by atoms with Crippen LogP contribution in [0.3, 0.4) is 0 Å². The molecule has 0 aliphatic rings. The lowest BCUT2D eigenvalue weighted by molar-refractivity contribution is 0.602. The van der Waals surface area contributed by atoms with Crippen molar-refractivity contribution in [1.29, 1.82) is 5.26 Å². The molecule has 2 aromatic heterocycles. The number of nitriles is 1. The predicted octanol–water partition coefficient (Wildman–Crippen LogP) is 2.48. The third-order valence-corrected chi connectivity index (χ3v) is 5.32. The number of hydrogen-bond acceptors (Lipinski definition) is 5. The summed E-state index contributed by atoms with van der Waals surface area (Å²) in [7, 11) is -3.79. The van der Waals surface area contributed by atoms with Crippen molar-refractivity contribution in [1.82, 2.24) is 4.98 Å². The number of nitrogens with zero attached hydrogens (tertiary/aromatic N) is 1. The molecule has 3 aromatic rings. The lowest BCUT2D eigenvalue weighted by Crippen LogP contribution is -2.12. The second kappa shape index (κ2) is 4.80. The zero-order valence-corrected chi connectivity index (χ0v) is 12.3. The Morgan fingerprint density at radius 2 is 2.14 bits per heavy atom. The molecule has 1 aromatic carbocycles. The summed E-state index contributed by atoms with van der Waals surface area (Å²) in [5, 5.41) is 11.4. The molecule has 106 valence electrons. The van der Waals surface area contributed by atoms with Gasteiger partial charge in [0.2, 0.25) is 0 Å². The first-order valence-electron chi connectivity index (χ1n) is 5.88. The Kier molecular flexibility index (Phi) is 3.08. The molecule has 4 N–H and O–H groups in total. The maximum atomic E-state index is 12.5. The molecule has 0 aliphatic carbocycles. The minimum Gasteiger partial charge on any atom is -0.399 e. The molecule has 21 heavy (non-hydrogen) atoms. The largest absolute Gasteiger partial charge is 0.399 e. The molecule has 0 saturated heterocycles. The van der Waals surface area contributed by atoms with E-state index >= 15 is 0 Å². The van der Waals surface area contributed by atoms with E-state index in [0.717, 1.165) is 11.3 Å². The fraction of sp³-hybridized carbons (Fsp3) is 0. The number of nitrogen functional groups attached to an aromatic ring is 1. The van der Waals surface area contributed by atoms with Gasteiger partial charge in [-0.2, -0.15) is 5.26 Å². The predicted molar refractivity (Wildman–Crippen MR) is 82.6 cm³/mol. The lowest BCUT2D eigenvalue weighted by atomic mass is 10.2. The van der Waals surface area contributed by atoms with Crippen molar-refractivity contribution >= 4 is 43.0 Å². The van der Waals surface area contributed by atoms with Gasteiger partial charge in [-0.15, -0.1) is 11.3 Å². The summed E-state index contributed by atoms with van der Waals surface area (Å²) in [5.74, 6) is 0. The van der Waals surface area contributed by atoms with Crippen LogP contribution >= 0.6 is 11.3 Å². The van der Waals surface area contributed by atoms with Gasteiger partial charge < -0.3 is 10.7 Å². The van der Waals surface area contributed by atoms with E-state index in [0.29, 0.717) is 27.2 Å². The van der Waals surface area contributed by atoms with Gasteiger partial charge in [0.25, 0.3) is 10.0 Å². The Hall–Kier alpha value is -2.50. The zero-order chi connectivity index (χ0) is 15.0. The number of benzene rings is 1. The summed E-state index contributed by atoms with van der Waals surface area (Å²) < 4.78 is 27.4. The molecule has 3 rings (SSSR count). The SMILES string of the molecule is N#Cc1ccsc1NS(=O)(=O)c1c[nH]c2ccc(N)cc12. The molecule has 0 radical (unpaired) electrons. The smallest absolute Gasteiger partial charge is 0.264 e. The molecule has 0 spiro atoms. The van der Waals surface area contributed by atoms with E-state index in [2.05, 4.69) is 9.71 Å². The van der Waals surface area contributed by atoms with Crippen LogP contribution in [0, 0.1) is 11.3 Å². The van der Waals surface area contributed by atoms with Crippen molar-refractivity contribution in [2.24, 2.45) is 0 Å². The number of nitrogens with one attached hydrogen (secondary N) is 2. The number of fused-ring (bicyclic) bond motifs is 1. The molecule has 0 aliphatic heterocycles. The van der Waals surface area contributed by atoms with Gasteiger partial charge >= 0.3 is 0 Å². The molecular formula is C13H10N4O2S2. The number of H-pyrrole nitrogens is 1. The van der Waals surface area contributed by atoms with Crippen molar-refractivity contribution in [3.05, 3.63) is 41.4 Å². The Labute approximate surface area is 124 Å². The molecule has 0 saturated carbocycles. The summed E-state index contributed by atoms with van der Waals surface area (Å²) in [6.07, 6.45) is 1.41. The van der Waals surface area contributed by atoms with Gasteiger partial charge in [-0.25, -0.2) is 8.42 Å². The van der Waals surface area contributed by atoms with Crippen LogP contribution in [0.2, 0.25) is 0 Å². The summed E-state index contributed by atoms with van der Waals surface area (Å²) in [4.78, 5) is 2.99. The second-order valence-electron chi connectivity index (χ2n) is 4.34. The average molecular weight is 318 g/mol. The van der Waals surface area contributed by atoms with Crippen LogP contribution in [-0.2, 0) is 10.0 Å². The first-order valence-corrected chi connectivity index (χ1v) is 8.24. The van der Waals surface area contributed by atoms with Crippen molar-refractivity contribution in [3.8, 4) is 6.07 Å². The first kappa shape index (κ1) is 13.5. The van der Waals surface area contributed by atoms with Crippen molar-refractivity contribution < 1.29 is 8.42 Å². The van der Waals surface area contributed by atoms with E-state index < -0.39 is 10.0 Å². The highest BCUT2D eigenvalue weighted by atomic mass is 32.2. The molecule has 2 heterocycles. The maximum Gasteiger partial charge on any atom is 0.264 e. The molecule has 0 unspecified atom stereocenters. The quantitative estimate of drug-likeness (QED) is 0.644. The van der Waals surface area contributed by atoms with Gasteiger partial charge in [-0.3, -0.25) is 4.72 Å². The van der Waals surface area contributed by atoms with Crippen LogP contribution in [0.1, 0.15) is 5.56 Å². The fourth-order valence-electron chi connectivity index (χ4n) is 1.99. The molecular weight excluding hydrogens is 308 g/mol. The average Bonchev–Trinajstić information content (AvgIpc) is 3.04. The van der Waals surface area contributed by atoms with Crippen molar-refractivity contribution in [2.45, 2.75) is 4.90 Å². The van der Waals surface area contributed by atoms with Crippen LogP contribution in [0.25, 0.3) is 10.9 Å². The van der Waals surface area contributed by atoms with Gasteiger partial charge in [0.15, 0.2) is 0 Å². The second-order valence-corrected chi connectivity index (χ2v) is 6.91. The number of aromatic nitrogens is 1. The highest BCUT2D eigenvalue weighted by molar-refractivity contribution is 7.93. The van der Waals surface area contributed by atoms with Gasteiger partial charge in [-0.1, -0.05) is 0 Å². The Balaban J connectivity index is 2.09. The van der Waals surface area contributed by atoms with E-state index in [-0.39, 0.29) is 4.90 Å². The van der Waals surface area contributed by atoms with Crippen molar-refractivity contribution in [2.75, 3.05) is 10.5 Å². The molecule has 0 bridgehead atoms. The van der Waals surface area contributed by atoms with E-state index in [4.69, 9.17) is 11.0 Å². The van der Waals surface area contributed by atoms with Crippen molar-refractivity contribution in [3.63, 3.8) is 0 Å². The van der Waals surface area contributed by atoms with E-state index in [1.54, 1.807) is 29.6 Å². The molecule has 0 fully saturated rings. The highest BCUT2D eigenvalue weighted by Gasteiger charge is 2.21. The third kappa shape index (κ3) is 2.33. The van der Waals surface area contributed by atoms with E-state index in [1.165, 1.54) is 6.20 Å². The zero-order valence-electron chi connectivity index (χ0n) is 10.6. The van der Waals surface area contributed by atoms with Gasteiger partial charge in [-0.05, 0) is 29.6 Å². The third-order valence-electron chi connectivity index (χ3n) is 2.97. The van der Waals surface area contributed by atoms with Crippen LogP contribution < -0.4 is 10.5 Å². The number of sulfonamides is 1. The number of anilines is 2. The monoisotopic (exact) mass is 318 g/mol.